The molecule has 0 aliphatic carbocycles. The van der Waals surface area contributed by atoms with Gasteiger partial charge in [0.1, 0.15) is 17.8 Å². The molecule has 0 unspecified atom stereocenters. The van der Waals surface area contributed by atoms with Crippen molar-refractivity contribution in [2.75, 3.05) is 5.32 Å². The summed E-state index contributed by atoms with van der Waals surface area (Å²) in [5.74, 6) is 0.154. The molecule has 8 nitrogen and oxygen atoms in total. The van der Waals surface area contributed by atoms with E-state index in [1.165, 1.54) is 16.9 Å². The third-order valence-corrected chi connectivity index (χ3v) is 4.09. The molecule has 1 amide bonds. The van der Waals surface area contributed by atoms with Crippen molar-refractivity contribution in [1.29, 1.82) is 0 Å². The number of nitrogens with one attached hydrogen (secondary N) is 2. The molecule has 3 aromatic heterocycles. The second kappa shape index (κ2) is 6.83. The van der Waals surface area contributed by atoms with Crippen LogP contribution in [0.5, 0.6) is 0 Å². The van der Waals surface area contributed by atoms with Crippen LogP contribution in [0.3, 0.4) is 0 Å². The number of nitrogens with zero attached hydrogens (tertiary/aromatic N) is 4. The topological polar surface area (TPSA) is 105 Å². The van der Waals surface area contributed by atoms with Gasteiger partial charge >= 0.3 is 0 Å². The van der Waals surface area contributed by atoms with Crippen LogP contribution < -0.4 is 10.9 Å². The molecule has 134 valence electrons. The van der Waals surface area contributed by atoms with E-state index >= 15 is 0 Å². The summed E-state index contributed by atoms with van der Waals surface area (Å²) in [5, 5.41) is 6.92. The molecule has 0 saturated heterocycles. The first-order chi connectivity index (χ1) is 13.1. The molecular weight excluding hydrogens is 344 g/mol. The lowest BCUT2D eigenvalue weighted by atomic mass is 10.1. The molecule has 0 radical (unpaired) electrons. The van der Waals surface area contributed by atoms with Crippen molar-refractivity contribution in [3.05, 3.63) is 76.6 Å². The van der Waals surface area contributed by atoms with E-state index in [0.29, 0.717) is 40.5 Å². The fourth-order valence-corrected chi connectivity index (χ4v) is 2.78. The molecule has 4 aromatic rings. The lowest BCUT2D eigenvalue weighted by Crippen LogP contribution is -2.16. The Balaban J connectivity index is 1.65. The van der Waals surface area contributed by atoms with Gasteiger partial charge in [0.15, 0.2) is 5.65 Å². The van der Waals surface area contributed by atoms with Gasteiger partial charge in [-0.15, -0.1) is 0 Å². The Bertz CT molecular complexity index is 1190. The Morgan fingerprint density at radius 2 is 2.04 bits per heavy atom. The zero-order valence-corrected chi connectivity index (χ0v) is 14.5. The number of aromatic amines is 1. The number of fused-ring (bicyclic) bond motifs is 1. The van der Waals surface area contributed by atoms with E-state index in [1.54, 1.807) is 36.4 Å². The molecule has 27 heavy (non-hydrogen) atoms. The quantitative estimate of drug-likeness (QED) is 0.581. The number of hydrogen-bond acceptors (Lipinski definition) is 5. The van der Waals surface area contributed by atoms with Crippen LogP contribution in [0.15, 0.2) is 59.7 Å². The van der Waals surface area contributed by atoms with Gasteiger partial charge in [0.2, 0.25) is 0 Å². The number of anilines is 1. The Morgan fingerprint density at radius 1 is 1.19 bits per heavy atom. The average molecular weight is 360 g/mol. The lowest BCUT2D eigenvalue weighted by molar-refractivity contribution is 0.102. The summed E-state index contributed by atoms with van der Waals surface area (Å²) >= 11 is 0. The Hall–Kier alpha value is -3.81. The summed E-state index contributed by atoms with van der Waals surface area (Å²) in [7, 11) is 0. The number of benzene rings is 1. The van der Waals surface area contributed by atoms with E-state index in [-0.39, 0.29) is 11.5 Å². The first kappa shape index (κ1) is 16.6. The summed E-state index contributed by atoms with van der Waals surface area (Å²) in [5.41, 5.74) is 2.76. The van der Waals surface area contributed by atoms with Gasteiger partial charge in [-0.2, -0.15) is 5.10 Å². The predicted molar refractivity (Wildman–Crippen MR) is 101 cm³/mol. The third-order valence-electron chi connectivity index (χ3n) is 4.09. The summed E-state index contributed by atoms with van der Waals surface area (Å²) in [4.78, 5) is 35.7. The highest BCUT2D eigenvalue weighted by Gasteiger charge is 2.12. The molecule has 0 aliphatic rings. The number of aromatic nitrogens is 5. The number of pyridine rings is 1. The molecule has 0 fully saturated rings. The predicted octanol–water partition coefficient (Wildman–Crippen LogP) is 2.29. The SMILES string of the molecule is CCc1cc(=O)[nH]c(-c2cccc(NC(=O)c3cccc4ncnn34)c2)n1. The average Bonchev–Trinajstić information content (AvgIpc) is 3.16. The highest BCUT2D eigenvalue weighted by atomic mass is 16.2. The van der Waals surface area contributed by atoms with Gasteiger partial charge < -0.3 is 10.3 Å². The molecule has 0 saturated carbocycles. The van der Waals surface area contributed by atoms with Gasteiger partial charge in [0, 0.05) is 23.0 Å². The molecule has 3 heterocycles. The summed E-state index contributed by atoms with van der Waals surface area (Å²) < 4.78 is 1.48. The standard InChI is InChI=1S/C19H16N6O2/c1-2-13-10-17(26)24-18(22-13)12-5-3-6-14(9-12)23-19(27)15-7-4-8-16-20-11-21-25(15)16/h3-11H,2H2,1H3,(H,23,27)(H,22,24,26). The van der Waals surface area contributed by atoms with E-state index in [9.17, 15) is 9.59 Å². The molecule has 8 heteroatoms. The number of H-pyrrole nitrogens is 1. The lowest BCUT2D eigenvalue weighted by Gasteiger charge is -2.09. The number of carbonyl (C=O) groups is 1. The third kappa shape index (κ3) is 3.32. The summed E-state index contributed by atoms with van der Waals surface area (Å²) in [6, 6.07) is 13.8. The Labute approximate surface area is 153 Å². The molecule has 0 aliphatic heterocycles. The molecule has 0 bridgehead atoms. The fraction of sp³-hybridized carbons (Fsp3) is 0.105. The molecule has 0 spiro atoms. The van der Waals surface area contributed by atoms with E-state index < -0.39 is 0 Å². The van der Waals surface area contributed by atoms with Crippen LogP contribution in [-0.2, 0) is 6.42 Å². The highest BCUT2D eigenvalue weighted by molar-refractivity contribution is 6.03. The minimum atomic E-state index is -0.313. The van der Waals surface area contributed by atoms with Crippen molar-refractivity contribution in [1.82, 2.24) is 24.6 Å². The van der Waals surface area contributed by atoms with Crippen LogP contribution >= 0.6 is 0 Å². The van der Waals surface area contributed by atoms with Gasteiger partial charge in [-0.25, -0.2) is 14.5 Å². The minimum Gasteiger partial charge on any atom is -0.321 e. The largest absolute Gasteiger partial charge is 0.321 e. The smallest absolute Gasteiger partial charge is 0.274 e. The second-order valence-electron chi connectivity index (χ2n) is 5.91. The zero-order chi connectivity index (χ0) is 18.8. The molecule has 2 N–H and O–H groups in total. The van der Waals surface area contributed by atoms with Gasteiger partial charge in [-0.3, -0.25) is 9.59 Å². The maximum Gasteiger partial charge on any atom is 0.274 e. The maximum absolute atomic E-state index is 12.7. The number of hydrogen-bond donors (Lipinski definition) is 2. The number of rotatable bonds is 4. The second-order valence-corrected chi connectivity index (χ2v) is 5.91. The minimum absolute atomic E-state index is 0.204. The van der Waals surface area contributed by atoms with E-state index in [0.717, 1.165) is 0 Å². The number of amides is 1. The van der Waals surface area contributed by atoms with Crippen LogP contribution in [0.25, 0.3) is 17.0 Å². The number of aryl methyl sites for hydroxylation is 1. The van der Waals surface area contributed by atoms with E-state index in [4.69, 9.17) is 0 Å². The monoisotopic (exact) mass is 360 g/mol. The van der Waals surface area contributed by atoms with Crippen LogP contribution in [0.4, 0.5) is 5.69 Å². The van der Waals surface area contributed by atoms with Crippen molar-refractivity contribution in [3.63, 3.8) is 0 Å². The first-order valence-corrected chi connectivity index (χ1v) is 8.45. The van der Waals surface area contributed by atoms with Crippen LogP contribution in [0, 0.1) is 0 Å². The van der Waals surface area contributed by atoms with Crippen LogP contribution in [0.2, 0.25) is 0 Å². The van der Waals surface area contributed by atoms with Gasteiger partial charge in [-0.05, 0) is 30.7 Å². The van der Waals surface area contributed by atoms with Crippen molar-refractivity contribution >= 4 is 17.2 Å². The Morgan fingerprint density at radius 3 is 2.89 bits per heavy atom. The van der Waals surface area contributed by atoms with Crippen LogP contribution in [0.1, 0.15) is 23.1 Å². The van der Waals surface area contributed by atoms with E-state index in [1.807, 2.05) is 13.0 Å². The molecule has 1 aromatic carbocycles. The molecular formula is C19H16N6O2. The van der Waals surface area contributed by atoms with Gasteiger partial charge in [0.05, 0.1) is 0 Å². The van der Waals surface area contributed by atoms with E-state index in [2.05, 4.69) is 25.4 Å². The van der Waals surface area contributed by atoms with Crippen molar-refractivity contribution < 1.29 is 4.79 Å². The molecule has 4 rings (SSSR count). The van der Waals surface area contributed by atoms with Gasteiger partial charge in [-0.1, -0.05) is 25.1 Å². The number of carbonyl (C=O) groups excluding carboxylic acids is 1. The fourth-order valence-electron chi connectivity index (χ4n) is 2.78. The zero-order valence-electron chi connectivity index (χ0n) is 14.5. The molecule has 0 atom stereocenters. The normalized spacial score (nSPS) is 10.9. The van der Waals surface area contributed by atoms with Gasteiger partial charge in [0.25, 0.3) is 11.5 Å². The maximum atomic E-state index is 12.7. The van der Waals surface area contributed by atoms with Crippen molar-refractivity contribution in [3.8, 4) is 11.4 Å². The Kier molecular flexibility index (Phi) is 4.21. The van der Waals surface area contributed by atoms with Crippen LogP contribution in [-0.4, -0.2) is 30.5 Å². The highest BCUT2D eigenvalue weighted by Crippen LogP contribution is 2.19. The van der Waals surface area contributed by atoms with Crippen molar-refractivity contribution in [2.45, 2.75) is 13.3 Å². The summed E-state index contributed by atoms with van der Waals surface area (Å²) in [6.45, 7) is 1.94. The summed E-state index contributed by atoms with van der Waals surface area (Å²) in [6.07, 6.45) is 2.06. The van der Waals surface area contributed by atoms with Crippen molar-refractivity contribution in [2.24, 2.45) is 0 Å². The first-order valence-electron chi connectivity index (χ1n) is 8.45.